The Hall–Kier alpha value is -2.90. The van der Waals surface area contributed by atoms with Gasteiger partial charge < -0.3 is 0 Å². The lowest BCUT2D eigenvalue weighted by Gasteiger charge is -2.05. The first-order chi connectivity index (χ1) is 11.8. The zero-order valence-electron chi connectivity index (χ0n) is 13.2. The highest BCUT2D eigenvalue weighted by molar-refractivity contribution is 7.15. The van der Waals surface area contributed by atoms with Gasteiger partial charge in [-0.25, -0.2) is 4.98 Å². The van der Waals surface area contributed by atoms with E-state index in [9.17, 15) is 5.26 Å². The summed E-state index contributed by atoms with van der Waals surface area (Å²) in [4.78, 5) is 5.73. The molecule has 24 heavy (non-hydrogen) atoms. The first kappa shape index (κ1) is 14.7. The topological polar surface area (TPSA) is 41.1 Å². The van der Waals surface area contributed by atoms with Crippen LogP contribution in [0.2, 0.25) is 0 Å². The predicted octanol–water partition coefficient (Wildman–Crippen LogP) is 5.10. The molecule has 2 aromatic carbocycles. The molecule has 3 nitrogen and oxygen atoms in total. The minimum absolute atomic E-state index is 0.334. The van der Waals surface area contributed by atoms with Crippen LogP contribution in [0.3, 0.4) is 0 Å². The van der Waals surface area contributed by atoms with E-state index in [4.69, 9.17) is 4.98 Å². The highest BCUT2D eigenvalue weighted by Crippen LogP contribution is 2.33. The Bertz CT molecular complexity index is 1030. The fourth-order valence-electron chi connectivity index (χ4n) is 2.91. The summed E-state index contributed by atoms with van der Waals surface area (Å²) >= 11 is 1.61. The summed E-state index contributed by atoms with van der Waals surface area (Å²) < 4.78 is 2.12. The summed E-state index contributed by atoms with van der Waals surface area (Å²) in [5, 5.41) is 11.4. The molecule has 4 heteroatoms. The fraction of sp³-hybridized carbons (Fsp3) is 0.100. The van der Waals surface area contributed by atoms with Crippen LogP contribution >= 0.6 is 11.3 Å². The Morgan fingerprint density at radius 3 is 2.50 bits per heavy atom. The monoisotopic (exact) mass is 329 g/mol. The minimum atomic E-state index is 0.334. The second kappa shape index (κ2) is 5.95. The molecular formula is C20H15N3S. The van der Waals surface area contributed by atoms with Crippen LogP contribution in [0.25, 0.3) is 27.5 Å². The number of imidazole rings is 1. The van der Waals surface area contributed by atoms with Crippen LogP contribution in [0.4, 0.5) is 0 Å². The van der Waals surface area contributed by atoms with Gasteiger partial charge in [0, 0.05) is 10.9 Å². The lowest BCUT2D eigenvalue weighted by molar-refractivity contribution is 1.08. The molecule has 0 fully saturated rings. The van der Waals surface area contributed by atoms with Gasteiger partial charge in [-0.2, -0.15) is 5.26 Å². The lowest BCUT2D eigenvalue weighted by atomic mass is 10.1. The number of aromatic nitrogens is 2. The first-order valence-electron chi connectivity index (χ1n) is 7.76. The van der Waals surface area contributed by atoms with Crippen LogP contribution in [0.5, 0.6) is 0 Å². The maximum atomic E-state index is 9.32. The SMILES string of the molecule is Cc1ccc(-c2nc3scc(-c4ccccc4)n3c2CC#N)cc1. The summed E-state index contributed by atoms with van der Waals surface area (Å²) in [6.07, 6.45) is 0.334. The summed E-state index contributed by atoms with van der Waals surface area (Å²) in [7, 11) is 0. The molecule has 0 unspecified atom stereocenters. The number of hydrogen-bond donors (Lipinski definition) is 0. The van der Waals surface area contributed by atoms with Gasteiger partial charge in [0.2, 0.25) is 0 Å². The minimum Gasteiger partial charge on any atom is -0.286 e. The zero-order valence-corrected chi connectivity index (χ0v) is 14.0. The van der Waals surface area contributed by atoms with Gasteiger partial charge in [0.25, 0.3) is 0 Å². The van der Waals surface area contributed by atoms with Crippen molar-refractivity contribution < 1.29 is 0 Å². The summed E-state index contributed by atoms with van der Waals surface area (Å²) in [5.41, 5.74) is 6.35. The third-order valence-corrected chi connectivity index (χ3v) is 4.93. The van der Waals surface area contributed by atoms with E-state index < -0.39 is 0 Å². The molecule has 0 saturated heterocycles. The van der Waals surface area contributed by atoms with E-state index in [1.54, 1.807) is 11.3 Å². The molecule has 2 aromatic heterocycles. The van der Waals surface area contributed by atoms with Crippen molar-refractivity contribution in [3.8, 4) is 28.6 Å². The van der Waals surface area contributed by atoms with E-state index in [0.717, 1.165) is 33.2 Å². The van der Waals surface area contributed by atoms with Crippen molar-refractivity contribution in [2.45, 2.75) is 13.3 Å². The number of fused-ring (bicyclic) bond motifs is 1. The van der Waals surface area contributed by atoms with Crippen molar-refractivity contribution in [1.29, 1.82) is 5.26 Å². The molecule has 116 valence electrons. The smallest absolute Gasteiger partial charge is 0.194 e. The molecule has 0 aliphatic carbocycles. The average Bonchev–Trinajstić information content (AvgIpc) is 3.17. The van der Waals surface area contributed by atoms with Crippen molar-refractivity contribution in [2.75, 3.05) is 0 Å². The number of thiazole rings is 1. The van der Waals surface area contributed by atoms with Crippen LogP contribution < -0.4 is 0 Å². The summed E-state index contributed by atoms with van der Waals surface area (Å²) in [6.45, 7) is 2.07. The number of nitriles is 1. The normalized spacial score (nSPS) is 10.8. The molecule has 0 bridgehead atoms. The van der Waals surface area contributed by atoms with Crippen LogP contribution in [0.1, 0.15) is 11.3 Å². The van der Waals surface area contributed by atoms with Gasteiger partial charge in [0.1, 0.15) is 0 Å². The van der Waals surface area contributed by atoms with Gasteiger partial charge in [-0.1, -0.05) is 60.2 Å². The average molecular weight is 329 g/mol. The van der Waals surface area contributed by atoms with Crippen LogP contribution in [-0.2, 0) is 6.42 Å². The molecule has 0 amide bonds. The number of nitrogens with zero attached hydrogens (tertiary/aromatic N) is 3. The van der Waals surface area contributed by atoms with Crippen LogP contribution in [0, 0.1) is 18.3 Å². The van der Waals surface area contributed by atoms with E-state index in [1.807, 2.05) is 18.2 Å². The number of benzene rings is 2. The van der Waals surface area contributed by atoms with Gasteiger partial charge in [-0.3, -0.25) is 4.40 Å². The molecular weight excluding hydrogens is 314 g/mol. The van der Waals surface area contributed by atoms with Crippen molar-refractivity contribution in [3.63, 3.8) is 0 Å². The molecule has 0 saturated carbocycles. The molecule has 4 rings (SSSR count). The fourth-order valence-corrected chi connectivity index (χ4v) is 3.82. The molecule has 0 aliphatic heterocycles. The Morgan fingerprint density at radius 1 is 1.04 bits per heavy atom. The van der Waals surface area contributed by atoms with E-state index in [0.29, 0.717) is 6.42 Å². The quantitative estimate of drug-likeness (QED) is 0.524. The van der Waals surface area contributed by atoms with Gasteiger partial charge in [0.05, 0.1) is 29.6 Å². The zero-order chi connectivity index (χ0) is 16.5. The van der Waals surface area contributed by atoms with Crippen molar-refractivity contribution in [2.24, 2.45) is 0 Å². The molecule has 4 aromatic rings. The van der Waals surface area contributed by atoms with Gasteiger partial charge in [-0.15, -0.1) is 11.3 Å². The standard InChI is InChI=1S/C20H15N3S/c1-14-7-9-16(10-8-14)19-17(11-12-21)23-18(13-24-20(23)22-19)15-5-3-2-4-6-15/h2-10,13H,11H2,1H3. The molecule has 0 spiro atoms. The number of aryl methyl sites for hydroxylation is 1. The predicted molar refractivity (Wildman–Crippen MR) is 98.0 cm³/mol. The molecule has 0 aliphatic rings. The molecule has 0 atom stereocenters. The highest BCUT2D eigenvalue weighted by Gasteiger charge is 2.18. The van der Waals surface area contributed by atoms with Gasteiger partial charge >= 0.3 is 0 Å². The number of rotatable bonds is 3. The summed E-state index contributed by atoms with van der Waals surface area (Å²) in [6, 6.07) is 20.8. The molecule has 2 heterocycles. The largest absolute Gasteiger partial charge is 0.286 e. The summed E-state index contributed by atoms with van der Waals surface area (Å²) in [5.74, 6) is 0. The lowest BCUT2D eigenvalue weighted by Crippen LogP contribution is -1.95. The van der Waals surface area contributed by atoms with Crippen LogP contribution in [-0.4, -0.2) is 9.38 Å². The van der Waals surface area contributed by atoms with Crippen molar-refractivity contribution in [1.82, 2.24) is 9.38 Å². The second-order valence-corrected chi connectivity index (χ2v) is 6.55. The van der Waals surface area contributed by atoms with Gasteiger partial charge in [0.15, 0.2) is 4.96 Å². The molecule has 0 N–H and O–H groups in total. The second-order valence-electron chi connectivity index (χ2n) is 5.71. The highest BCUT2D eigenvalue weighted by atomic mass is 32.1. The van der Waals surface area contributed by atoms with Crippen LogP contribution in [0.15, 0.2) is 60.0 Å². The maximum Gasteiger partial charge on any atom is 0.194 e. The Labute approximate surface area is 144 Å². The van der Waals surface area contributed by atoms with E-state index in [-0.39, 0.29) is 0 Å². The van der Waals surface area contributed by atoms with E-state index >= 15 is 0 Å². The maximum absolute atomic E-state index is 9.32. The third-order valence-electron chi connectivity index (χ3n) is 4.10. The first-order valence-corrected chi connectivity index (χ1v) is 8.64. The number of hydrogen-bond acceptors (Lipinski definition) is 3. The van der Waals surface area contributed by atoms with Crippen molar-refractivity contribution >= 4 is 16.3 Å². The van der Waals surface area contributed by atoms with E-state index in [2.05, 4.69) is 59.2 Å². The van der Waals surface area contributed by atoms with Crippen molar-refractivity contribution in [3.05, 3.63) is 71.2 Å². The Morgan fingerprint density at radius 2 is 1.79 bits per heavy atom. The van der Waals surface area contributed by atoms with E-state index in [1.165, 1.54) is 5.56 Å². The third kappa shape index (κ3) is 2.40. The Balaban J connectivity index is 1.97. The van der Waals surface area contributed by atoms with Gasteiger partial charge in [-0.05, 0) is 12.5 Å². The Kier molecular flexibility index (Phi) is 3.64. The molecule has 0 radical (unpaired) electrons.